The van der Waals surface area contributed by atoms with Gasteiger partial charge in [-0.3, -0.25) is 5.84 Å². The van der Waals surface area contributed by atoms with E-state index in [0.717, 1.165) is 36.2 Å². The summed E-state index contributed by atoms with van der Waals surface area (Å²) < 4.78 is 11.7. The third-order valence-corrected chi connectivity index (χ3v) is 4.01. The average Bonchev–Trinajstić information content (AvgIpc) is 2.88. The predicted molar refractivity (Wildman–Crippen MR) is 79.2 cm³/mol. The van der Waals surface area contributed by atoms with E-state index in [1.165, 1.54) is 18.4 Å². The fourth-order valence-corrected chi connectivity index (χ4v) is 2.88. The Bertz CT molecular complexity index is 573. The molecule has 0 spiro atoms. The predicted octanol–water partition coefficient (Wildman–Crippen LogP) is 3.20. The third kappa shape index (κ3) is 2.87. The van der Waals surface area contributed by atoms with Gasteiger partial charge in [0.15, 0.2) is 0 Å². The van der Waals surface area contributed by atoms with Crippen molar-refractivity contribution in [2.75, 3.05) is 6.61 Å². The van der Waals surface area contributed by atoms with Gasteiger partial charge < -0.3 is 9.15 Å². The second-order valence-corrected chi connectivity index (χ2v) is 5.63. The van der Waals surface area contributed by atoms with Crippen molar-refractivity contribution < 1.29 is 9.15 Å². The van der Waals surface area contributed by atoms with Gasteiger partial charge in [0.1, 0.15) is 11.3 Å². The molecule has 0 bridgehead atoms. The number of hydrogen-bond acceptors (Lipinski definition) is 4. The van der Waals surface area contributed by atoms with Crippen LogP contribution in [0.4, 0.5) is 0 Å². The molecule has 108 valence electrons. The van der Waals surface area contributed by atoms with Gasteiger partial charge in [-0.05, 0) is 50.8 Å². The summed E-state index contributed by atoms with van der Waals surface area (Å²) in [6, 6.07) is 8.29. The van der Waals surface area contributed by atoms with Gasteiger partial charge in [-0.1, -0.05) is 11.6 Å². The second kappa shape index (κ2) is 5.95. The maximum Gasteiger partial charge on any atom is 0.134 e. The van der Waals surface area contributed by atoms with Crippen LogP contribution in [0.5, 0.6) is 0 Å². The molecular weight excluding hydrogens is 252 g/mol. The number of ether oxygens (including phenoxy) is 1. The van der Waals surface area contributed by atoms with Crippen molar-refractivity contribution in [2.45, 2.75) is 44.8 Å². The Morgan fingerprint density at radius 2 is 2.25 bits per heavy atom. The Morgan fingerprint density at radius 1 is 1.35 bits per heavy atom. The highest BCUT2D eigenvalue weighted by Gasteiger charge is 2.22. The lowest BCUT2D eigenvalue weighted by Gasteiger charge is -2.25. The molecule has 4 nitrogen and oxygen atoms in total. The van der Waals surface area contributed by atoms with Gasteiger partial charge in [0.05, 0.1) is 12.1 Å². The van der Waals surface area contributed by atoms with E-state index < -0.39 is 0 Å². The highest BCUT2D eigenvalue weighted by molar-refractivity contribution is 5.78. The van der Waals surface area contributed by atoms with Crippen LogP contribution >= 0.6 is 0 Å². The zero-order valence-electron chi connectivity index (χ0n) is 11.9. The maximum atomic E-state index is 5.92. The molecule has 0 radical (unpaired) electrons. The summed E-state index contributed by atoms with van der Waals surface area (Å²) in [5.74, 6) is 6.60. The topological polar surface area (TPSA) is 60.4 Å². The van der Waals surface area contributed by atoms with Crippen LogP contribution in [-0.2, 0) is 4.74 Å². The SMILES string of the molecule is Cc1ccc2oc(C(CC3CCCCO3)NN)cc2c1. The molecule has 1 aliphatic heterocycles. The van der Waals surface area contributed by atoms with Crippen LogP contribution in [0.3, 0.4) is 0 Å². The van der Waals surface area contributed by atoms with E-state index >= 15 is 0 Å². The van der Waals surface area contributed by atoms with Crippen LogP contribution < -0.4 is 11.3 Å². The average molecular weight is 274 g/mol. The fourth-order valence-electron chi connectivity index (χ4n) is 2.88. The smallest absolute Gasteiger partial charge is 0.134 e. The van der Waals surface area contributed by atoms with Crippen molar-refractivity contribution >= 4 is 11.0 Å². The Morgan fingerprint density at radius 3 is 3.00 bits per heavy atom. The van der Waals surface area contributed by atoms with Crippen LogP contribution in [0.15, 0.2) is 28.7 Å². The molecule has 3 N–H and O–H groups in total. The molecule has 0 saturated carbocycles. The van der Waals surface area contributed by atoms with Gasteiger partial charge in [-0.25, -0.2) is 5.43 Å². The number of hydrogen-bond donors (Lipinski definition) is 2. The minimum atomic E-state index is 0.00538. The molecule has 4 heteroatoms. The summed E-state index contributed by atoms with van der Waals surface area (Å²) in [6.45, 7) is 2.95. The Kier molecular flexibility index (Phi) is 4.05. The van der Waals surface area contributed by atoms with Crippen LogP contribution in [0, 0.1) is 6.92 Å². The molecule has 1 aromatic carbocycles. The number of nitrogens with two attached hydrogens (primary N) is 1. The summed E-state index contributed by atoms with van der Waals surface area (Å²) in [7, 11) is 0. The summed E-state index contributed by atoms with van der Waals surface area (Å²) in [4.78, 5) is 0. The first-order chi connectivity index (χ1) is 9.76. The summed E-state index contributed by atoms with van der Waals surface area (Å²) in [6.07, 6.45) is 4.65. The fraction of sp³-hybridized carbons (Fsp3) is 0.500. The van der Waals surface area contributed by atoms with Crippen LogP contribution in [-0.4, -0.2) is 12.7 Å². The van der Waals surface area contributed by atoms with Crippen LogP contribution in [0.25, 0.3) is 11.0 Å². The van der Waals surface area contributed by atoms with E-state index in [-0.39, 0.29) is 12.1 Å². The lowest BCUT2D eigenvalue weighted by atomic mass is 10.0. The molecule has 2 aromatic rings. The second-order valence-electron chi connectivity index (χ2n) is 5.63. The number of aryl methyl sites for hydroxylation is 1. The largest absolute Gasteiger partial charge is 0.459 e. The number of furan rings is 1. The van der Waals surface area contributed by atoms with Crippen molar-refractivity contribution in [3.63, 3.8) is 0 Å². The Hall–Kier alpha value is -1.36. The molecule has 2 unspecified atom stereocenters. The van der Waals surface area contributed by atoms with E-state index in [1.807, 2.05) is 6.07 Å². The molecule has 0 amide bonds. The van der Waals surface area contributed by atoms with Gasteiger partial charge in [0, 0.05) is 12.0 Å². The Labute approximate surface area is 119 Å². The maximum absolute atomic E-state index is 5.92. The lowest BCUT2D eigenvalue weighted by Crippen LogP contribution is -2.32. The summed E-state index contributed by atoms with van der Waals surface area (Å²) in [5.41, 5.74) is 5.01. The van der Waals surface area contributed by atoms with E-state index in [0.29, 0.717) is 0 Å². The highest BCUT2D eigenvalue weighted by Crippen LogP contribution is 2.29. The number of nitrogens with one attached hydrogen (secondary N) is 1. The van der Waals surface area contributed by atoms with E-state index in [9.17, 15) is 0 Å². The van der Waals surface area contributed by atoms with Crippen LogP contribution in [0.2, 0.25) is 0 Å². The summed E-state index contributed by atoms with van der Waals surface area (Å²) >= 11 is 0. The van der Waals surface area contributed by atoms with Crippen molar-refractivity contribution in [3.8, 4) is 0 Å². The van der Waals surface area contributed by atoms with Gasteiger partial charge in [0.2, 0.25) is 0 Å². The molecule has 2 atom stereocenters. The molecule has 2 heterocycles. The van der Waals surface area contributed by atoms with Gasteiger partial charge in [0.25, 0.3) is 0 Å². The number of fused-ring (bicyclic) bond motifs is 1. The standard InChI is InChI=1S/C16H22N2O2/c1-11-5-6-15-12(8-11)9-16(20-15)14(18-17)10-13-4-2-3-7-19-13/h5-6,8-9,13-14,18H,2-4,7,10,17H2,1H3. The van der Waals surface area contributed by atoms with E-state index in [1.54, 1.807) is 0 Å². The highest BCUT2D eigenvalue weighted by atomic mass is 16.5. The first-order valence-electron chi connectivity index (χ1n) is 7.34. The first-order valence-corrected chi connectivity index (χ1v) is 7.34. The number of hydrazine groups is 1. The number of rotatable bonds is 4. The van der Waals surface area contributed by atoms with E-state index in [2.05, 4.69) is 30.5 Å². The van der Waals surface area contributed by atoms with Gasteiger partial charge in [-0.2, -0.15) is 0 Å². The molecule has 1 saturated heterocycles. The van der Waals surface area contributed by atoms with Crippen molar-refractivity contribution in [3.05, 3.63) is 35.6 Å². The zero-order chi connectivity index (χ0) is 13.9. The molecule has 20 heavy (non-hydrogen) atoms. The minimum absolute atomic E-state index is 0.00538. The van der Waals surface area contributed by atoms with Gasteiger partial charge >= 0.3 is 0 Å². The molecule has 3 rings (SSSR count). The third-order valence-electron chi connectivity index (χ3n) is 4.01. The van der Waals surface area contributed by atoms with Crippen molar-refractivity contribution in [1.29, 1.82) is 0 Å². The molecule has 1 aromatic heterocycles. The van der Waals surface area contributed by atoms with Crippen molar-refractivity contribution in [2.24, 2.45) is 5.84 Å². The van der Waals surface area contributed by atoms with E-state index in [4.69, 9.17) is 15.0 Å². The Balaban J connectivity index is 1.79. The molecule has 1 fully saturated rings. The van der Waals surface area contributed by atoms with Gasteiger partial charge in [-0.15, -0.1) is 0 Å². The quantitative estimate of drug-likeness (QED) is 0.664. The monoisotopic (exact) mass is 274 g/mol. The molecular formula is C16H22N2O2. The first kappa shape index (κ1) is 13.6. The normalized spacial score (nSPS) is 21.2. The molecule has 1 aliphatic rings. The minimum Gasteiger partial charge on any atom is -0.459 e. The number of benzene rings is 1. The van der Waals surface area contributed by atoms with Crippen LogP contribution in [0.1, 0.15) is 43.0 Å². The van der Waals surface area contributed by atoms with Crippen molar-refractivity contribution in [1.82, 2.24) is 5.43 Å². The zero-order valence-corrected chi connectivity index (χ0v) is 11.9. The lowest BCUT2D eigenvalue weighted by molar-refractivity contribution is 0.00380. The molecule has 0 aliphatic carbocycles. The summed E-state index contributed by atoms with van der Waals surface area (Å²) in [5, 5.41) is 1.13.